The van der Waals surface area contributed by atoms with Gasteiger partial charge in [0, 0.05) is 41.8 Å². The summed E-state index contributed by atoms with van der Waals surface area (Å²) in [7, 11) is 0. The minimum atomic E-state index is -0.347. The molecule has 30 heavy (non-hydrogen) atoms. The minimum Gasteiger partial charge on any atom is -0.490 e. The van der Waals surface area contributed by atoms with E-state index in [4.69, 9.17) is 20.2 Å². The number of rotatable bonds is 4. The smallest absolute Gasteiger partial charge is 0.154 e. The number of ether oxygens (including phenoxy) is 2. The zero-order chi connectivity index (χ0) is 20.1. The molecule has 4 atom stereocenters. The summed E-state index contributed by atoms with van der Waals surface area (Å²) in [5.41, 5.74) is 9.10. The van der Waals surface area contributed by atoms with Crippen LogP contribution in [-0.2, 0) is 10.3 Å². The van der Waals surface area contributed by atoms with Crippen LogP contribution < -0.4 is 10.5 Å². The highest BCUT2D eigenvalue weighted by molar-refractivity contribution is 8.14. The Kier molecular flexibility index (Phi) is 4.49. The fourth-order valence-electron chi connectivity index (χ4n) is 5.19. The second-order valence-corrected chi connectivity index (χ2v) is 9.97. The first kappa shape index (κ1) is 18.6. The van der Waals surface area contributed by atoms with Gasteiger partial charge in [0.05, 0.1) is 6.10 Å². The van der Waals surface area contributed by atoms with E-state index < -0.39 is 0 Å². The van der Waals surface area contributed by atoms with Gasteiger partial charge in [-0.1, -0.05) is 17.8 Å². The van der Waals surface area contributed by atoms with Crippen LogP contribution in [0, 0.1) is 11.8 Å². The Morgan fingerprint density at radius 1 is 1.13 bits per heavy atom. The molecule has 2 saturated carbocycles. The van der Waals surface area contributed by atoms with E-state index in [1.165, 1.54) is 12.8 Å². The fourth-order valence-corrected chi connectivity index (χ4v) is 6.22. The number of nitrogens with two attached hydrogens (primary N) is 1. The lowest BCUT2D eigenvalue weighted by Crippen LogP contribution is -2.51. The molecule has 2 fully saturated rings. The van der Waals surface area contributed by atoms with E-state index in [1.807, 2.05) is 12.4 Å². The molecule has 3 heterocycles. The third-order valence-corrected chi connectivity index (χ3v) is 7.96. The topological polar surface area (TPSA) is 82.6 Å². The van der Waals surface area contributed by atoms with Crippen molar-refractivity contribution in [2.45, 2.75) is 49.9 Å². The molecule has 4 aliphatic rings. The van der Waals surface area contributed by atoms with E-state index in [1.54, 1.807) is 18.1 Å². The molecule has 0 saturated heterocycles. The molecule has 0 bridgehead atoms. The Hall–Kier alpha value is -2.12. The normalized spacial score (nSPS) is 32.3. The summed E-state index contributed by atoms with van der Waals surface area (Å²) in [5, 5.41) is 0.677. The summed E-state index contributed by atoms with van der Waals surface area (Å²) in [6.07, 6.45) is 11.4. The monoisotopic (exact) mass is 422 g/mol. The molecule has 2 N–H and O–H groups in total. The van der Waals surface area contributed by atoms with E-state index in [9.17, 15) is 0 Å². The Labute approximate surface area is 180 Å². The predicted octanol–water partition coefficient (Wildman–Crippen LogP) is 3.76. The van der Waals surface area contributed by atoms with Crippen molar-refractivity contribution in [2.75, 3.05) is 12.4 Å². The third-order valence-electron chi connectivity index (χ3n) is 6.98. The molecule has 0 radical (unpaired) electrons. The lowest BCUT2D eigenvalue weighted by Gasteiger charge is -2.48. The maximum absolute atomic E-state index is 6.53. The molecule has 0 amide bonds. The number of hydrogen-bond acceptors (Lipinski definition) is 7. The van der Waals surface area contributed by atoms with Gasteiger partial charge in [-0.2, -0.15) is 0 Å². The van der Waals surface area contributed by atoms with Crippen LogP contribution in [0.4, 0.5) is 0 Å². The molecule has 2 aliphatic heterocycles. The number of hydrogen-bond donors (Lipinski definition) is 1. The fraction of sp³-hybridized carbons (Fsp3) is 0.522. The van der Waals surface area contributed by atoms with E-state index in [2.05, 4.69) is 28.2 Å². The van der Waals surface area contributed by atoms with E-state index in [0.29, 0.717) is 11.3 Å². The standard InChI is InChI=1S/C23H26N4O2S/c24-22-27-23(12-30-22)18-7-15(16-9-25-13-26-10-16)3-5-20(18)29-21-6-4-17(8-19(21)23)28-11-14-1-2-14/h3,5,7,9-10,13-14,17,19,21H,1-2,4,6,8,11-12H2,(H2,24,27)/t17-,19-,21-,23-/m0/s1. The highest BCUT2D eigenvalue weighted by Crippen LogP contribution is 2.55. The second-order valence-electron chi connectivity index (χ2n) is 8.98. The van der Waals surface area contributed by atoms with Gasteiger partial charge in [-0.15, -0.1) is 0 Å². The number of aromatic nitrogens is 2. The maximum atomic E-state index is 6.53. The third kappa shape index (κ3) is 3.19. The van der Waals surface area contributed by atoms with E-state index in [0.717, 1.165) is 60.0 Å². The SMILES string of the molecule is NC1=N[C@@]2(CS1)c1cc(-c3cncnc3)ccc1O[C@H]1CC[C@H](OCC3CC3)C[C@@H]12. The number of benzene rings is 1. The summed E-state index contributed by atoms with van der Waals surface area (Å²) in [6, 6.07) is 6.38. The Morgan fingerprint density at radius 2 is 2.00 bits per heavy atom. The van der Waals surface area contributed by atoms with Gasteiger partial charge in [0.2, 0.25) is 0 Å². The highest BCUT2D eigenvalue weighted by atomic mass is 32.2. The summed E-state index contributed by atoms with van der Waals surface area (Å²) in [4.78, 5) is 13.4. The van der Waals surface area contributed by atoms with Crippen molar-refractivity contribution in [3.05, 3.63) is 42.5 Å². The van der Waals surface area contributed by atoms with Crippen LogP contribution in [0.3, 0.4) is 0 Å². The number of aliphatic imine (C=N–C) groups is 1. The van der Waals surface area contributed by atoms with Gasteiger partial charge < -0.3 is 15.2 Å². The molecular formula is C23H26N4O2S. The lowest BCUT2D eigenvalue weighted by molar-refractivity contribution is -0.0564. The van der Waals surface area contributed by atoms with E-state index >= 15 is 0 Å². The number of fused-ring (bicyclic) bond motifs is 4. The Morgan fingerprint density at radius 3 is 2.77 bits per heavy atom. The molecule has 6 rings (SSSR count). The number of nitrogens with zero attached hydrogens (tertiary/aromatic N) is 3. The van der Waals surface area contributed by atoms with Crippen molar-refractivity contribution in [3.8, 4) is 16.9 Å². The van der Waals surface area contributed by atoms with Crippen molar-refractivity contribution in [1.29, 1.82) is 0 Å². The quantitative estimate of drug-likeness (QED) is 0.808. The van der Waals surface area contributed by atoms with Crippen LogP contribution in [-0.4, -0.2) is 39.7 Å². The summed E-state index contributed by atoms with van der Waals surface area (Å²) < 4.78 is 12.8. The zero-order valence-electron chi connectivity index (χ0n) is 16.9. The van der Waals surface area contributed by atoms with Gasteiger partial charge in [-0.3, -0.25) is 0 Å². The summed E-state index contributed by atoms with van der Waals surface area (Å²) in [5.74, 6) is 2.86. The summed E-state index contributed by atoms with van der Waals surface area (Å²) >= 11 is 1.66. The van der Waals surface area contributed by atoms with Crippen LogP contribution in [0.2, 0.25) is 0 Å². The molecule has 1 spiro atoms. The second kappa shape index (κ2) is 7.24. The van der Waals surface area contributed by atoms with Crippen molar-refractivity contribution in [2.24, 2.45) is 22.6 Å². The highest BCUT2D eigenvalue weighted by Gasteiger charge is 2.54. The van der Waals surface area contributed by atoms with Gasteiger partial charge >= 0.3 is 0 Å². The van der Waals surface area contributed by atoms with Gasteiger partial charge in [0.1, 0.15) is 23.7 Å². The van der Waals surface area contributed by atoms with Crippen molar-refractivity contribution in [1.82, 2.24) is 9.97 Å². The molecule has 1 aromatic heterocycles. The molecule has 7 heteroatoms. The molecule has 0 unspecified atom stereocenters. The molecule has 2 aliphatic carbocycles. The Balaban J connectivity index is 1.38. The van der Waals surface area contributed by atoms with Crippen molar-refractivity contribution >= 4 is 16.9 Å². The minimum absolute atomic E-state index is 0.166. The lowest BCUT2D eigenvalue weighted by atomic mass is 9.67. The molecule has 6 nitrogen and oxygen atoms in total. The van der Waals surface area contributed by atoms with E-state index in [-0.39, 0.29) is 17.6 Å². The van der Waals surface area contributed by atoms with Crippen LogP contribution >= 0.6 is 11.8 Å². The van der Waals surface area contributed by atoms with Crippen LogP contribution in [0.5, 0.6) is 5.75 Å². The van der Waals surface area contributed by atoms with Gasteiger partial charge in [0.15, 0.2) is 5.17 Å². The van der Waals surface area contributed by atoms with Crippen molar-refractivity contribution in [3.63, 3.8) is 0 Å². The first-order valence-corrected chi connectivity index (χ1v) is 11.9. The zero-order valence-corrected chi connectivity index (χ0v) is 17.7. The maximum Gasteiger partial charge on any atom is 0.154 e. The first-order valence-electron chi connectivity index (χ1n) is 10.9. The van der Waals surface area contributed by atoms with Crippen LogP contribution in [0.15, 0.2) is 41.9 Å². The van der Waals surface area contributed by atoms with Crippen LogP contribution in [0.1, 0.15) is 37.7 Å². The van der Waals surface area contributed by atoms with Gasteiger partial charge in [-0.05, 0) is 55.7 Å². The van der Waals surface area contributed by atoms with Crippen molar-refractivity contribution < 1.29 is 9.47 Å². The largest absolute Gasteiger partial charge is 0.490 e. The average Bonchev–Trinajstić information content (AvgIpc) is 3.54. The first-order chi connectivity index (χ1) is 14.7. The molecule has 2 aromatic rings. The van der Waals surface area contributed by atoms with Gasteiger partial charge in [-0.25, -0.2) is 15.0 Å². The Bertz CT molecular complexity index is 980. The number of amidine groups is 1. The number of thioether (sulfide) groups is 1. The summed E-state index contributed by atoms with van der Waals surface area (Å²) in [6.45, 7) is 0.908. The van der Waals surface area contributed by atoms with Gasteiger partial charge in [0.25, 0.3) is 0 Å². The average molecular weight is 423 g/mol. The molecular weight excluding hydrogens is 396 g/mol. The molecule has 1 aromatic carbocycles. The molecule has 156 valence electrons. The predicted molar refractivity (Wildman–Crippen MR) is 117 cm³/mol. The van der Waals surface area contributed by atoms with Crippen LogP contribution in [0.25, 0.3) is 11.1 Å².